The van der Waals surface area contributed by atoms with Gasteiger partial charge >= 0.3 is 0 Å². The Labute approximate surface area is 113 Å². The van der Waals surface area contributed by atoms with Crippen molar-refractivity contribution in [3.05, 3.63) is 29.3 Å². The second kappa shape index (κ2) is 6.22. The predicted octanol–water partition coefficient (Wildman–Crippen LogP) is 1.25. The van der Waals surface area contributed by atoms with Crippen molar-refractivity contribution in [2.45, 2.75) is 13.8 Å². The van der Waals surface area contributed by atoms with Crippen molar-refractivity contribution in [1.82, 2.24) is 9.80 Å². The number of phenolic OH excluding ortho intramolecular Hbond substituents is 1. The highest BCUT2D eigenvalue weighted by Crippen LogP contribution is 2.18. The number of hydrogen-bond donors (Lipinski definition) is 1. The van der Waals surface area contributed by atoms with E-state index in [1.165, 1.54) is 15.9 Å². The lowest BCUT2D eigenvalue weighted by atomic mass is 10.1. The van der Waals surface area contributed by atoms with Crippen molar-refractivity contribution < 1.29 is 14.7 Å². The molecule has 1 aromatic rings. The molecule has 0 heterocycles. The highest BCUT2D eigenvalue weighted by Gasteiger charge is 2.18. The Morgan fingerprint density at radius 2 is 1.89 bits per heavy atom. The molecular weight excluding hydrogens is 244 g/mol. The molecule has 1 rings (SSSR count). The van der Waals surface area contributed by atoms with E-state index in [1.54, 1.807) is 33.2 Å². The van der Waals surface area contributed by atoms with Gasteiger partial charge in [0.15, 0.2) is 0 Å². The molecule has 0 aliphatic heterocycles. The molecule has 0 aliphatic carbocycles. The molecular formula is C14H20N2O3. The van der Waals surface area contributed by atoms with Crippen LogP contribution in [0.4, 0.5) is 0 Å². The fourth-order valence-corrected chi connectivity index (χ4v) is 1.56. The Morgan fingerprint density at radius 3 is 2.37 bits per heavy atom. The number of hydrogen-bond acceptors (Lipinski definition) is 3. The van der Waals surface area contributed by atoms with Crippen LogP contribution in [-0.4, -0.2) is 53.9 Å². The lowest BCUT2D eigenvalue weighted by molar-refractivity contribution is -0.129. The molecule has 0 aromatic heterocycles. The number of carbonyl (C=O) groups is 2. The summed E-state index contributed by atoms with van der Waals surface area (Å²) in [5, 5.41) is 9.63. The van der Waals surface area contributed by atoms with Crippen molar-refractivity contribution in [3.8, 4) is 5.75 Å². The van der Waals surface area contributed by atoms with Crippen LogP contribution in [0.15, 0.2) is 18.2 Å². The van der Waals surface area contributed by atoms with Crippen LogP contribution in [0.3, 0.4) is 0 Å². The summed E-state index contributed by atoms with van der Waals surface area (Å²) < 4.78 is 0. The number of rotatable bonds is 4. The molecule has 2 amide bonds. The third kappa shape index (κ3) is 3.71. The predicted molar refractivity (Wildman–Crippen MR) is 73.1 cm³/mol. The van der Waals surface area contributed by atoms with Gasteiger partial charge in [-0.2, -0.15) is 0 Å². The third-order valence-electron chi connectivity index (χ3n) is 2.95. The van der Waals surface area contributed by atoms with Gasteiger partial charge in [-0.3, -0.25) is 9.59 Å². The molecule has 1 aromatic carbocycles. The number of benzene rings is 1. The number of phenols is 1. The van der Waals surface area contributed by atoms with E-state index in [1.807, 2.05) is 6.92 Å². The van der Waals surface area contributed by atoms with Crippen LogP contribution in [-0.2, 0) is 4.79 Å². The average Bonchev–Trinajstić information content (AvgIpc) is 2.37. The monoisotopic (exact) mass is 264 g/mol. The zero-order valence-corrected chi connectivity index (χ0v) is 11.8. The molecule has 104 valence electrons. The van der Waals surface area contributed by atoms with E-state index in [0.717, 1.165) is 0 Å². The van der Waals surface area contributed by atoms with E-state index >= 15 is 0 Å². The lowest BCUT2D eigenvalue weighted by Gasteiger charge is -2.22. The maximum Gasteiger partial charge on any atom is 0.254 e. The smallest absolute Gasteiger partial charge is 0.254 e. The van der Waals surface area contributed by atoms with Crippen molar-refractivity contribution in [2.24, 2.45) is 0 Å². The SMILES string of the molecule is CCN(CC(=O)N(C)C)C(=O)c1ccc(C)c(O)c1. The first-order chi connectivity index (χ1) is 8.86. The number of aryl methyl sites for hydroxylation is 1. The van der Waals surface area contributed by atoms with Crippen LogP contribution < -0.4 is 0 Å². The Balaban J connectivity index is 2.89. The van der Waals surface area contributed by atoms with Crippen molar-refractivity contribution in [1.29, 1.82) is 0 Å². The zero-order valence-electron chi connectivity index (χ0n) is 11.8. The number of aromatic hydroxyl groups is 1. The first-order valence-electron chi connectivity index (χ1n) is 6.15. The summed E-state index contributed by atoms with van der Waals surface area (Å²) in [5.74, 6) is -0.305. The highest BCUT2D eigenvalue weighted by atomic mass is 16.3. The molecule has 0 fully saturated rings. The van der Waals surface area contributed by atoms with E-state index in [9.17, 15) is 14.7 Å². The fraction of sp³-hybridized carbons (Fsp3) is 0.429. The molecule has 5 heteroatoms. The topological polar surface area (TPSA) is 60.9 Å². The van der Waals surface area contributed by atoms with Crippen LogP contribution in [0.1, 0.15) is 22.8 Å². The number of nitrogens with zero attached hydrogens (tertiary/aromatic N) is 2. The van der Waals surface area contributed by atoms with Crippen LogP contribution in [0.5, 0.6) is 5.75 Å². The van der Waals surface area contributed by atoms with E-state index in [-0.39, 0.29) is 24.1 Å². The number of amides is 2. The minimum atomic E-state index is -0.256. The zero-order chi connectivity index (χ0) is 14.6. The third-order valence-corrected chi connectivity index (χ3v) is 2.95. The summed E-state index contributed by atoms with van der Waals surface area (Å²) in [6, 6.07) is 4.77. The van der Waals surface area contributed by atoms with Gasteiger partial charge in [-0.1, -0.05) is 6.07 Å². The number of carbonyl (C=O) groups excluding carboxylic acids is 2. The standard InChI is InChI=1S/C14H20N2O3/c1-5-16(9-13(18)15(3)4)14(19)11-7-6-10(2)12(17)8-11/h6-8,17H,5,9H2,1-4H3. The lowest BCUT2D eigenvalue weighted by Crippen LogP contribution is -2.40. The molecule has 0 spiro atoms. The van der Waals surface area contributed by atoms with Crippen LogP contribution in [0.25, 0.3) is 0 Å². The molecule has 0 saturated carbocycles. The first-order valence-corrected chi connectivity index (χ1v) is 6.15. The quantitative estimate of drug-likeness (QED) is 0.890. The molecule has 5 nitrogen and oxygen atoms in total. The normalized spacial score (nSPS) is 10.1. The summed E-state index contributed by atoms with van der Waals surface area (Å²) in [6.07, 6.45) is 0. The van der Waals surface area contributed by atoms with Gasteiger partial charge < -0.3 is 14.9 Å². The number of likely N-dealkylation sites (N-methyl/N-ethyl adjacent to an activating group) is 2. The van der Waals surface area contributed by atoms with Gasteiger partial charge in [0, 0.05) is 26.2 Å². The highest BCUT2D eigenvalue weighted by molar-refractivity contribution is 5.96. The van der Waals surface area contributed by atoms with Gasteiger partial charge in [-0.15, -0.1) is 0 Å². The Bertz CT molecular complexity index is 484. The largest absolute Gasteiger partial charge is 0.508 e. The van der Waals surface area contributed by atoms with E-state index in [2.05, 4.69) is 0 Å². The Morgan fingerprint density at radius 1 is 1.26 bits per heavy atom. The fourth-order valence-electron chi connectivity index (χ4n) is 1.56. The maximum absolute atomic E-state index is 12.2. The van der Waals surface area contributed by atoms with Gasteiger partial charge in [-0.25, -0.2) is 0 Å². The van der Waals surface area contributed by atoms with Gasteiger partial charge in [0.05, 0.1) is 6.54 Å². The van der Waals surface area contributed by atoms with Crippen LogP contribution in [0, 0.1) is 6.92 Å². The second-order valence-electron chi connectivity index (χ2n) is 4.61. The van der Waals surface area contributed by atoms with E-state index in [4.69, 9.17) is 0 Å². The minimum Gasteiger partial charge on any atom is -0.508 e. The van der Waals surface area contributed by atoms with Crippen LogP contribution in [0.2, 0.25) is 0 Å². The van der Waals surface area contributed by atoms with Gasteiger partial charge in [0.25, 0.3) is 5.91 Å². The minimum absolute atomic E-state index is 0.0387. The molecule has 19 heavy (non-hydrogen) atoms. The molecule has 0 saturated heterocycles. The van der Waals surface area contributed by atoms with Crippen molar-refractivity contribution >= 4 is 11.8 Å². The molecule has 0 bridgehead atoms. The van der Waals surface area contributed by atoms with Crippen molar-refractivity contribution in [3.63, 3.8) is 0 Å². The first kappa shape index (κ1) is 15.0. The van der Waals surface area contributed by atoms with Gasteiger partial charge in [0.2, 0.25) is 5.91 Å². The summed E-state index contributed by atoms with van der Waals surface area (Å²) in [5.41, 5.74) is 1.10. The summed E-state index contributed by atoms with van der Waals surface area (Å²) >= 11 is 0. The van der Waals surface area contributed by atoms with Crippen molar-refractivity contribution in [2.75, 3.05) is 27.2 Å². The Hall–Kier alpha value is -2.04. The maximum atomic E-state index is 12.2. The summed E-state index contributed by atoms with van der Waals surface area (Å²) in [6.45, 7) is 4.05. The molecule has 0 unspecified atom stereocenters. The molecule has 0 atom stereocenters. The average molecular weight is 264 g/mol. The summed E-state index contributed by atoms with van der Waals surface area (Å²) in [4.78, 5) is 26.8. The Kier molecular flexibility index (Phi) is 4.92. The van der Waals surface area contributed by atoms with E-state index in [0.29, 0.717) is 17.7 Å². The molecule has 0 aliphatic rings. The molecule has 0 radical (unpaired) electrons. The van der Waals surface area contributed by atoms with Crippen LogP contribution >= 0.6 is 0 Å². The second-order valence-corrected chi connectivity index (χ2v) is 4.61. The van der Waals surface area contributed by atoms with Gasteiger partial charge in [0.1, 0.15) is 5.75 Å². The van der Waals surface area contributed by atoms with E-state index < -0.39 is 0 Å². The van der Waals surface area contributed by atoms with Gasteiger partial charge in [-0.05, 0) is 31.5 Å². The summed E-state index contributed by atoms with van der Waals surface area (Å²) in [7, 11) is 3.30. The molecule has 1 N–H and O–H groups in total.